The number of allylic oxidation sites excluding steroid dienone is 2. The molecule has 1 rings (SSSR count). The molecule has 6 nitrogen and oxygen atoms in total. The highest BCUT2D eigenvalue weighted by Crippen LogP contribution is 2.15. The highest BCUT2D eigenvalue weighted by Gasteiger charge is 2.08. The third-order valence-corrected chi connectivity index (χ3v) is 2.26. The van der Waals surface area contributed by atoms with Gasteiger partial charge < -0.3 is 5.73 Å². The first-order valence-corrected chi connectivity index (χ1v) is 5.08. The first-order valence-electron chi connectivity index (χ1n) is 4.70. The van der Waals surface area contributed by atoms with Gasteiger partial charge in [0.15, 0.2) is 5.70 Å². The molecule has 0 aliphatic carbocycles. The van der Waals surface area contributed by atoms with Crippen LogP contribution in [-0.4, -0.2) is 16.4 Å². The van der Waals surface area contributed by atoms with Crippen LogP contribution in [0.15, 0.2) is 16.4 Å². The lowest BCUT2D eigenvalue weighted by molar-refractivity contribution is 0.974. The largest absolute Gasteiger partial charge is 0.388 e. The molecule has 0 amide bonds. The van der Waals surface area contributed by atoms with E-state index in [1.807, 2.05) is 6.92 Å². The maximum Gasteiger partial charge on any atom is 0.174 e. The van der Waals surface area contributed by atoms with Crippen LogP contribution in [0.2, 0.25) is 5.15 Å². The van der Waals surface area contributed by atoms with E-state index >= 15 is 0 Å². The van der Waals surface area contributed by atoms with Crippen molar-refractivity contribution in [2.75, 3.05) is 0 Å². The molecule has 1 aromatic rings. The van der Waals surface area contributed by atoms with Crippen LogP contribution in [0.4, 0.5) is 0 Å². The summed E-state index contributed by atoms with van der Waals surface area (Å²) in [5.41, 5.74) is 6.24. The number of hydrogen-bond acceptors (Lipinski definition) is 5. The Balaban J connectivity index is 3.11. The Morgan fingerprint density at radius 2 is 2.29 bits per heavy atom. The second-order valence-electron chi connectivity index (χ2n) is 3.00. The minimum Gasteiger partial charge on any atom is -0.388 e. The summed E-state index contributed by atoms with van der Waals surface area (Å²) in [4.78, 5) is 3.83. The number of aliphatic imine (C=N–C) groups is 1. The Hall–Kier alpha value is -2.31. The van der Waals surface area contributed by atoms with Crippen LogP contribution in [0.25, 0.3) is 0 Å². The Labute approximate surface area is 103 Å². The molecule has 86 valence electrons. The second-order valence-corrected chi connectivity index (χ2v) is 3.37. The summed E-state index contributed by atoms with van der Waals surface area (Å²) in [6.45, 7) is 1.91. The van der Waals surface area contributed by atoms with Crippen LogP contribution < -0.4 is 5.73 Å². The lowest BCUT2D eigenvalue weighted by Gasteiger charge is -1.93. The quantitative estimate of drug-likeness (QED) is 0.619. The van der Waals surface area contributed by atoms with Crippen molar-refractivity contribution in [2.45, 2.75) is 13.3 Å². The zero-order chi connectivity index (χ0) is 12.8. The van der Waals surface area contributed by atoms with Crippen LogP contribution in [0, 0.1) is 22.7 Å². The molecule has 1 heterocycles. The number of H-pyrrole nitrogens is 1. The van der Waals surface area contributed by atoms with E-state index in [0.29, 0.717) is 17.1 Å². The van der Waals surface area contributed by atoms with Crippen LogP contribution in [0.1, 0.15) is 18.2 Å². The van der Waals surface area contributed by atoms with Gasteiger partial charge in [-0.05, 0) is 6.42 Å². The summed E-state index contributed by atoms with van der Waals surface area (Å²) in [7, 11) is 0. The van der Waals surface area contributed by atoms with Crippen LogP contribution in [0.5, 0.6) is 0 Å². The number of rotatable bonds is 3. The molecule has 3 N–H and O–H groups in total. The van der Waals surface area contributed by atoms with Gasteiger partial charge in [0, 0.05) is 6.21 Å². The van der Waals surface area contributed by atoms with Crippen LogP contribution >= 0.6 is 11.6 Å². The molecule has 1 aromatic heterocycles. The summed E-state index contributed by atoms with van der Waals surface area (Å²) in [6, 6.07) is 3.39. The third kappa shape index (κ3) is 2.83. The molecule has 0 aromatic carbocycles. The molecule has 0 radical (unpaired) electrons. The van der Waals surface area contributed by atoms with Crippen molar-refractivity contribution in [1.29, 1.82) is 10.5 Å². The fourth-order valence-corrected chi connectivity index (χ4v) is 1.31. The van der Waals surface area contributed by atoms with Gasteiger partial charge in [-0.15, -0.1) is 0 Å². The zero-order valence-electron chi connectivity index (χ0n) is 9.03. The first-order chi connectivity index (χ1) is 8.13. The third-order valence-electron chi connectivity index (χ3n) is 1.98. The van der Waals surface area contributed by atoms with Gasteiger partial charge in [0.25, 0.3) is 0 Å². The standard InChI is InChI=1S/C10H9ClN6/c1-2-8-6(10(11)17-16-8)5-15-9(4-13)7(14)3-12/h5H,2,14H2,1H3,(H,16,17)/b9-7-,15-5+. The van der Waals surface area contributed by atoms with Gasteiger partial charge in [0.2, 0.25) is 0 Å². The van der Waals surface area contributed by atoms with Crippen molar-refractivity contribution in [3.8, 4) is 12.1 Å². The van der Waals surface area contributed by atoms with E-state index in [1.165, 1.54) is 6.21 Å². The monoisotopic (exact) mass is 248 g/mol. The van der Waals surface area contributed by atoms with Crippen molar-refractivity contribution in [1.82, 2.24) is 10.2 Å². The molecule has 0 aliphatic rings. The van der Waals surface area contributed by atoms with Crippen LogP contribution in [0.3, 0.4) is 0 Å². The Bertz CT molecular complexity index is 554. The summed E-state index contributed by atoms with van der Waals surface area (Å²) >= 11 is 5.86. The summed E-state index contributed by atoms with van der Waals surface area (Å²) in [5.74, 6) is 0. The molecule has 0 unspecified atom stereocenters. The number of nitrogens with one attached hydrogen (secondary N) is 1. The summed E-state index contributed by atoms with van der Waals surface area (Å²) in [5, 5.41) is 24.2. The molecule has 17 heavy (non-hydrogen) atoms. The molecule has 0 bridgehead atoms. The molecular formula is C10H9ClN6. The van der Waals surface area contributed by atoms with Gasteiger partial charge in [-0.25, -0.2) is 4.99 Å². The van der Waals surface area contributed by atoms with Crippen molar-refractivity contribution >= 4 is 17.8 Å². The predicted molar refractivity (Wildman–Crippen MR) is 63.0 cm³/mol. The maximum atomic E-state index is 8.74. The van der Waals surface area contributed by atoms with Crippen molar-refractivity contribution in [3.63, 3.8) is 0 Å². The lowest BCUT2D eigenvalue weighted by Crippen LogP contribution is -1.98. The van der Waals surface area contributed by atoms with Gasteiger partial charge in [-0.3, -0.25) is 5.10 Å². The molecule has 0 saturated heterocycles. The average Bonchev–Trinajstić information content (AvgIpc) is 2.70. The number of aryl methyl sites for hydroxylation is 1. The smallest absolute Gasteiger partial charge is 0.174 e. The number of hydrogen-bond donors (Lipinski definition) is 2. The highest BCUT2D eigenvalue weighted by atomic mass is 35.5. The Morgan fingerprint density at radius 3 is 2.82 bits per heavy atom. The first kappa shape index (κ1) is 12.8. The predicted octanol–water partition coefficient (Wildman–Crippen LogP) is 1.26. The van der Waals surface area contributed by atoms with E-state index in [2.05, 4.69) is 15.2 Å². The average molecular weight is 249 g/mol. The fraction of sp³-hybridized carbons (Fsp3) is 0.200. The molecule has 7 heteroatoms. The highest BCUT2D eigenvalue weighted by molar-refractivity contribution is 6.32. The second kappa shape index (κ2) is 5.69. The number of nitrogens with two attached hydrogens (primary N) is 1. The van der Waals surface area contributed by atoms with Crippen molar-refractivity contribution in [2.24, 2.45) is 10.7 Å². The molecule has 0 spiro atoms. The SMILES string of the molecule is CCc1n[nH]c(Cl)c1/C=N/C(C#N)=C(\N)C#N. The van der Waals surface area contributed by atoms with E-state index in [-0.39, 0.29) is 11.4 Å². The van der Waals surface area contributed by atoms with Gasteiger partial charge >= 0.3 is 0 Å². The van der Waals surface area contributed by atoms with Crippen LogP contribution in [-0.2, 0) is 6.42 Å². The van der Waals surface area contributed by atoms with E-state index in [1.54, 1.807) is 12.1 Å². The summed E-state index contributed by atoms with van der Waals surface area (Å²) < 4.78 is 0. The lowest BCUT2D eigenvalue weighted by atomic mass is 10.2. The Morgan fingerprint density at radius 1 is 1.59 bits per heavy atom. The molecule has 0 atom stereocenters. The normalized spacial score (nSPS) is 12.0. The van der Waals surface area contributed by atoms with Gasteiger partial charge in [-0.2, -0.15) is 15.6 Å². The zero-order valence-corrected chi connectivity index (χ0v) is 9.78. The number of nitrogens with zero attached hydrogens (tertiary/aromatic N) is 4. The topological polar surface area (TPSA) is 115 Å². The minimum absolute atomic E-state index is 0.146. The van der Waals surface area contributed by atoms with E-state index in [0.717, 1.165) is 5.69 Å². The number of aromatic amines is 1. The van der Waals surface area contributed by atoms with E-state index in [9.17, 15) is 0 Å². The van der Waals surface area contributed by atoms with Gasteiger partial charge in [0.05, 0.1) is 11.3 Å². The molecule has 0 fully saturated rings. The van der Waals surface area contributed by atoms with Gasteiger partial charge in [-0.1, -0.05) is 18.5 Å². The van der Waals surface area contributed by atoms with E-state index < -0.39 is 0 Å². The molecular weight excluding hydrogens is 240 g/mol. The Kier molecular flexibility index (Phi) is 4.27. The maximum absolute atomic E-state index is 8.74. The molecule has 0 aliphatic heterocycles. The fourth-order valence-electron chi connectivity index (χ4n) is 1.11. The molecule has 0 saturated carbocycles. The van der Waals surface area contributed by atoms with Gasteiger partial charge in [0.1, 0.15) is 23.0 Å². The number of halogens is 1. The number of nitriles is 2. The van der Waals surface area contributed by atoms with Crippen molar-refractivity contribution in [3.05, 3.63) is 27.8 Å². The minimum atomic E-state index is -0.235. The number of aromatic nitrogens is 2. The van der Waals surface area contributed by atoms with E-state index in [4.69, 9.17) is 27.9 Å². The van der Waals surface area contributed by atoms with Crippen molar-refractivity contribution < 1.29 is 0 Å². The summed E-state index contributed by atoms with van der Waals surface area (Å²) in [6.07, 6.45) is 2.04.